The third-order valence-electron chi connectivity index (χ3n) is 4.16. The second-order valence-corrected chi connectivity index (χ2v) is 8.60. The van der Waals surface area contributed by atoms with Crippen LogP contribution >= 0.6 is 46.6 Å². The highest BCUT2D eigenvalue weighted by molar-refractivity contribution is 7.99. The van der Waals surface area contributed by atoms with Crippen molar-refractivity contribution in [2.24, 2.45) is 0 Å². The van der Waals surface area contributed by atoms with Crippen molar-refractivity contribution in [3.8, 4) is 0 Å². The Bertz CT molecular complexity index is 1160. The van der Waals surface area contributed by atoms with Gasteiger partial charge in [-0.2, -0.15) is 0 Å². The van der Waals surface area contributed by atoms with Crippen LogP contribution in [-0.4, -0.2) is 10.7 Å². The van der Waals surface area contributed by atoms with E-state index in [1.54, 1.807) is 12.1 Å². The van der Waals surface area contributed by atoms with E-state index < -0.39 is 4.92 Å². The summed E-state index contributed by atoms with van der Waals surface area (Å²) >= 11 is 19.2. The largest absolute Gasteiger partial charge is 0.289 e. The van der Waals surface area contributed by atoms with E-state index >= 15 is 0 Å². The molecule has 3 aromatic rings. The molecule has 3 rings (SSSR count). The number of nitrogens with zero attached hydrogens (tertiary/aromatic N) is 1. The zero-order valence-corrected chi connectivity index (χ0v) is 18.6. The number of ketones is 1. The van der Waals surface area contributed by atoms with Crippen molar-refractivity contribution in [1.82, 2.24) is 0 Å². The number of halogens is 3. The van der Waals surface area contributed by atoms with Gasteiger partial charge in [-0.05, 0) is 48.9 Å². The van der Waals surface area contributed by atoms with E-state index in [0.717, 1.165) is 10.5 Å². The normalized spacial score (nSPS) is 11.1. The highest BCUT2D eigenvalue weighted by Gasteiger charge is 2.16. The zero-order chi connectivity index (χ0) is 21.8. The van der Waals surface area contributed by atoms with Crippen LogP contribution in [0.25, 0.3) is 6.08 Å². The molecule has 0 N–H and O–H groups in total. The van der Waals surface area contributed by atoms with E-state index in [0.29, 0.717) is 10.5 Å². The molecule has 0 fully saturated rings. The van der Waals surface area contributed by atoms with Gasteiger partial charge in [0.25, 0.3) is 5.69 Å². The average Bonchev–Trinajstić information content (AvgIpc) is 2.72. The van der Waals surface area contributed by atoms with Crippen molar-refractivity contribution in [1.29, 1.82) is 0 Å². The van der Waals surface area contributed by atoms with E-state index in [-0.39, 0.29) is 32.1 Å². The number of nitro benzene ring substituents is 1. The lowest BCUT2D eigenvalue weighted by Gasteiger charge is -2.05. The average molecular weight is 479 g/mol. The zero-order valence-electron chi connectivity index (χ0n) is 15.6. The van der Waals surface area contributed by atoms with Crippen LogP contribution in [0, 0.1) is 17.0 Å². The van der Waals surface area contributed by atoms with Gasteiger partial charge in [-0.25, -0.2) is 0 Å². The minimum atomic E-state index is -0.439. The van der Waals surface area contributed by atoms with E-state index in [9.17, 15) is 14.9 Å². The van der Waals surface area contributed by atoms with Gasteiger partial charge in [0.15, 0.2) is 5.78 Å². The van der Waals surface area contributed by atoms with Crippen LogP contribution in [-0.2, 0) is 0 Å². The first-order chi connectivity index (χ1) is 14.3. The number of hydrogen-bond acceptors (Lipinski definition) is 4. The molecule has 0 saturated heterocycles. The van der Waals surface area contributed by atoms with E-state index in [1.807, 2.05) is 31.2 Å². The highest BCUT2D eigenvalue weighted by Crippen LogP contribution is 2.36. The molecule has 0 atom stereocenters. The van der Waals surface area contributed by atoms with Crippen LogP contribution in [0.2, 0.25) is 15.1 Å². The van der Waals surface area contributed by atoms with Crippen molar-refractivity contribution in [3.05, 3.63) is 103 Å². The molecule has 0 aliphatic carbocycles. The lowest BCUT2D eigenvalue weighted by molar-refractivity contribution is -0.387. The predicted octanol–water partition coefficient (Wildman–Crippen LogP) is 7.91. The number of allylic oxidation sites excluding steroid dienone is 1. The summed E-state index contributed by atoms with van der Waals surface area (Å²) in [5, 5.41) is 12.0. The molecule has 8 heteroatoms. The van der Waals surface area contributed by atoms with Crippen LogP contribution in [0.3, 0.4) is 0 Å². The Kier molecular flexibility index (Phi) is 7.21. The van der Waals surface area contributed by atoms with Gasteiger partial charge in [0.1, 0.15) is 0 Å². The van der Waals surface area contributed by atoms with Crippen molar-refractivity contribution in [2.75, 3.05) is 0 Å². The summed E-state index contributed by atoms with van der Waals surface area (Å²) in [6.45, 7) is 1.98. The monoisotopic (exact) mass is 477 g/mol. The smallest absolute Gasteiger partial charge is 0.283 e. The molecular weight excluding hydrogens is 465 g/mol. The van der Waals surface area contributed by atoms with E-state index in [2.05, 4.69) is 0 Å². The maximum Gasteiger partial charge on any atom is 0.283 e. The van der Waals surface area contributed by atoms with E-state index in [1.165, 1.54) is 42.1 Å². The van der Waals surface area contributed by atoms with Gasteiger partial charge in [0.05, 0.1) is 24.9 Å². The standard InChI is InChI=1S/C22H14Cl3NO3S/c1-13-2-6-15(7-3-13)30-20-11-5-14(12-18(20)26(28)29)4-10-19(27)16-8-9-17(23)22(25)21(16)24/h2-12H,1H3. The van der Waals surface area contributed by atoms with Gasteiger partial charge in [-0.3, -0.25) is 14.9 Å². The number of benzene rings is 3. The first kappa shape index (κ1) is 22.4. The molecule has 0 spiro atoms. The third kappa shape index (κ3) is 5.24. The van der Waals surface area contributed by atoms with Crippen molar-refractivity contribution in [3.63, 3.8) is 0 Å². The molecule has 0 radical (unpaired) electrons. The quantitative estimate of drug-likeness (QED) is 0.119. The summed E-state index contributed by atoms with van der Waals surface area (Å²) in [5.74, 6) is -0.390. The lowest BCUT2D eigenvalue weighted by Crippen LogP contribution is -1.96. The Morgan fingerprint density at radius 1 is 1.00 bits per heavy atom. The summed E-state index contributed by atoms with van der Waals surface area (Å²) in [6.07, 6.45) is 2.78. The number of hydrogen-bond donors (Lipinski definition) is 0. The second kappa shape index (κ2) is 9.67. The molecule has 30 heavy (non-hydrogen) atoms. The second-order valence-electron chi connectivity index (χ2n) is 6.32. The summed E-state index contributed by atoms with van der Waals surface area (Å²) < 4.78 is 0. The molecular formula is C22H14Cl3NO3S. The van der Waals surface area contributed by atoms with E-state index in [4.69, 9.17) is 34.8 Å². The number of carbonyl (C=O) groups excluding carboxylic acids is 1. The molecule has 0 unspecified atom stereocenters. The summed E-state index contributed by atoms with van der Waals surface area (Å²) in [7, 11) is 0. The van der Waals surface area contributed by atoms with Crippen molar-refractivity contribution < 1.29 is 9.72 Å². The highest BCUT2D eigenvalue weighted by atomic mass is 35.5. The van der Waals surface area contributed by atoms with Gasteiger partial charge >= 0.3 is 0 Å². The van der Waals surface area contributed by atoms with Crippen LogP contribution < -0.4 is 0 Å². The van der Waals surface area contributed by atoms with Crippen molar-refractivity contribution >= 4 is 64.1 Å². The molecule has 0 aliphatic rings. The fourth-order valence-corrected chi connectivity index (χ4v) is 4.11. The summed E-state index contributed by atoms with van der Waals surface area (Å²) in [6, 6.07) is 15.5. The van der Waals surface area contributed by atoms with Crippen LogP contribution in [0.1, 0.15) is 21.5 Å². The Labute approximate surface area is 192 Å². The molecule has 0 aliphatic heterocycles. The fraction of sp³-hybridized carbons (Fsp3) is 0.0455. The number of aryl methyl sites for hydroxylation is 1. The van der Waals surface area contributed by atoms with Crippen LogP contribution in [0.5, 0.6) is 0 Å². The van der Waals surface area contributed by atoms with Gasteiger partial charge in [0.2, 0.25) is 0 Å². The maximum atomic E-state index is 12.4. The maximum absolute atomic E-state index is 12.4. The van der Waals surface area contributed by atoms with Gasteiger partial charge in [0, 0.05) is 16.5 Å². The van der Waals surface area contributed by atoms with Crippen LogP contribution in [0.4, 0.5) is 5.69 Å². The van der Waals surface area contributed by atoms with Gasteiger partial charge < -0.3 is 0 Å². The SMILES string of the molecule is Cc1ccc(Sc2ccc(C=CC(=O)c3ccc(Cl)c(Cl)c3Cl)cc2[N+](=O)[O-])cc1. The van der Waals surface area contributed by atoms with Crippen molar-refractivity contribution in [2.45, 2.75) is 16.7 Å². The third-order valence-corrected chi connectivity index (χ3v) is 6.52. The molecule has 0 amide bonds. The summed E-state index contributed by atoms with van der Waals surface area (Å²) in [5.41, 5.74) is 1.78. The molecule has 4 nitrogen and oxygen atoms in total. The number of rotatable bonds is 6. The molecule has 0 bridgehead atoms. The Morgan fingerprint density at radius 3 is 2.37 bits per heavy atom. The Morgan fingerprint density at radius 2 is 1.70 bits per heavy atom. The molecule has 152 valence electrons. The molecule has 0 saturated carbocycles. The minimum Gasteiger partial charge on any atom is -0.289 e. The number of carbonyl (C=O) groups is 1. The van der Waals surface area contributed by atoms with Crippen LogP contribution in [0.15, 0.2) is 70.5 Å². The Hall–Kier alpha value is -2.31. The first-order valence-corrected chi connectivity index (χ1v) is 10.6. The molecule has 0 aromatic heterocycles. The topological polar surface area (TPSA) is 60.2 Å². The first-order valence-electron chi connectivity index (χ1n) is 8.65. The predicted molar refractivity (Wildman–Crippen MR) is 123 cm³/mol. The lowest BCUT2D eigenvalue weighted by atomic mass is 10.1. The molecule has 3 aromatic carbocycles. The number of nitro groups is 1. The minimum absolute atomic E-state index is 0.0391. The molecule has 0 heterocycles. The van der Waals surface area contributed by atoms with Gasteiger partial charge in [-0.15, -0.1) is 0 Å². The summed E-state index contributed by atoms with van der Waals surface area (Å²) in [4.78, 5) is 25.0. The Balaban J connectivity index is 1.85. The van der Waals surface area contributed by atoms with Gasteiger partial charge in [-0.1, -0.05) is 76.4 Å². The fourth-order valence-electron chi connectivity index (χ4n) is 2.58.